The van der Waals surface area contributed by atoms with Crippen LogP contribution < -0.4 is 4.90 Å². The van der Waals surface area contributed by atoms with Crippen molar-refractivity contribution < 1.29 is 9.32 Å². The van der Waals surface area contributed by atoms with Gasteiger partial charge in [0.05, 0.1) is 0 Å². The second-order valence-corrected chi connectivity index (χ2v) is 6.86. The first-order valence-corrected chi connectivity index (χ1v) is 8.56. The minimum atomic E-state index is -0.0799. The van der Waals surface area contributed by atoms with Gasteiger partial charge >= 0.3 is 0 Å². The molecule has 24 heavy (non-hydrogen) atoms. The Morgan fingerprint density at radius 2 is 2.04 bits per heavy atom. The highest BCUT2D eigenvalue weighted by atomic mass is 79.9. The molecule has 1 aliphatic rings. The summed E-state index contributed by atoms with van der Waals surface area (Å²) < 4.78 is 6.14. The maximum Gasteiger partial charge on any atom is 0.264 e. The quantitative estimate of drug-likeness (QED) is 0.645. The first-order valence-electron chi connectivity index (χ1n) is 7.77. The summed E-state index contributed by atoms with van der Waals surface area (Å²) in [6.07, 6.45) is 2.28. The summed E-state index contributed by atoms with van der Waals surface area (Å²) in [6.45, 7) is 2.06. The summed E-state index contributed by atoms with van der Waals surface area (Å²) in [4.78, 5) is 15.0. The maximum atomic E-state index is 13.2. The van der Waals surface area contributed by atoms with Crippen LogP contribution in [0.4, 0.5) is 5.69 Å². The van der Waals surface area contributed by atoms with Crippen molar-refractivity contribution in [3.63, 3.8) is 0 Å². The van der Waals surface area contributed by atoms with Crippen molar-refractivity contribution in [3.8, 4) is 11.3 Å². The summed E-state index contributed by atoms with van der Waals surface area (Å²) in [6, 6.07) is 15.7. The number of fused-ring (bicyclic) bond motifs is 1. The predicted octanol–water partition coefficient (Wildman–Crippen LogP) is 4.70. The molecule has 0 unspecified atom stereocenters. The number of hydrogen-bond acceptors (Lipinski definition) is 3. The number of nitrogens with zero attached hydrogens (tertiary/aromatic N) is 2. The number of benzene rings is 2. The van der Waals surface area contributed by atoms with Gasteiger partial charge in [-0.3, -0.25) is 4.79 Å². The fourth-order valence-corrected chi connectivity index (χ4v) is 3.64. The fourth-order valence-electron chi connectivity index (χ4n) is 3.23. The van der Waals surface area contributed by atoms with Crippen LogP contribution in [0, 0.1) is 0 Å². The van der Waals surface area contributed by atoms with Gasteiger partial charge < -0.3 is 9.42 Å². The number of carbonyl (C=O) groups excluding carboxylic acids is 1. The molecule has 0 bridgehead atoms. The van der Waals surface area contributed by atoms with Gasteiger partial charge in [-0.2, -0.15) is 0 Å². The predicted molar refractivity (Wildman–Crippen MR) is 96.1 cm³/mol. The van der Waals surface area contributed by atoms with E-state index in [1.807, 2.05) is 47.4 Å². The lowest BCUT2D eigenvalue weighted by atomic mass is 10.1. The number of amides is 1. The zero-order valence-electron chi connectivity index (χ0n) is 13.1. The van der Waals surface area contributed by atoms with Crippen molar-refractivity contribution in [3.05, 3.63) is 70.4 Å². The molecule has 1 atom stereocenters. The Bertz CT molecular complexity index is 905. The minimum Gasteiger partial charge on any atom is -0.363 e. The molecule has 0 saturated carbocycles. The number of anilines is 1. The average molecular weight is 383 g/mol. The number of halogens is 1. The monoisotopic (exact) mass is 382 g/mol. The Kier molecular flexibility index (Phi) is 3.73. The summed E-state index contributed by atoms with van der Waals surface area (Å²) in [7, 11) is 0. The first-order chi connectivity index (χ1) is 11.6. The fraction of sp³-hybridized carbons (Fsp3) is 0.158. The van der Waals surface area contributed by atoms with Gasteiger partial charge in [0.25, 0.3) is 5.91 Å². The summed E-state index contributed by atoms with van der Waals surface area (Å²) >= 11 is 3.49. The molecule has 4 nitrogen and oxygen atoms in total. The van der Waals surface area contributed by atoms with E-state index in [1.54, 1.807) is 0 Å². The number of aromatic nitrogens is 1. The smallest absolute Gasteiger partial charge is 0.264 e. The molecule has 0 fully saturated rings. The van der Waals surface area contributed by atoms with Gasteiger partial charge in [-0.1, -0.05) is 51.4 Å². The lowest BCUT2D eigenvalue weighted by Gasteiger charge is -2.22. The zero-order chi connectivity index (χ0) is 16.7. The van der Waals surface area contributed by atoms with Crippen LogP contribution in [0.2, 0.25) is 0 Å². The zero-order valence-corrected chi connectivity index (χ0v) is 14.7. The molecule has 120 valence electrons. The number of carbonyl (C=O) groups is 1. The highest BCUT2D eigenvalue weighted by Gasteiger charge is 2.33. The van der Waals surface area contributed by atoms with Crippen LogP contribution in [0.25, 0.3) is 11.3 Å². The Morgan fingerprint density at radius 3 is 2.83 bits per heavy atom. The molecule has 2 heterocycles. The van der Waals surface area contributed by atoms with Crippen LogP contribution in [-0.4, -0.2) is 17.1 Å². The van der Waals surface area contributed by atoms with E-state index >= 15 is 0 Å². The summed E-state index contributed by atoms with van der Waals surface area (Å²) in [5, 5.41) is 4.04. The molecule has 0 spiro atoms. The normalized spacial score (nSPS) is 16.2. The number of rotatable bonds is 2. The van der Waals surface area contributed by atoms with Crippen molar-refractivity contribution in [1.82, 2.24) is 5.16 Å². The molecule has 1 aliphatic heterocycles. The average Bonchev–Trinajstić information content (AvgIpc) is 3.18. The van der Waals surface area contributed by atoms with Crippen LogP contribution in [0.1, 0.15) is 22.8 Å². The van der Waals surface area contributed by atoms with E-state index in [0.717, 1.165) is 22.1 Å². The van der Waals surface area contributed by atoms with Gasteiger partial charge in [-0.25, -0.2) is 0 Å². The third-order valence-corrected chi connectivity index (χ3v) is 4.82. The van der Waals surface area contributed by atoms with Crippen LogP contribution in [0.3, 0.4) is 0 Å². The lowest BCUT2D eigenvalue weighted by Crippen LogP contribution is -2.35. The van der Waals surface area contributed by atoms with E-state index in [0.29, 0.717) is 11.3 Å². The topological polar surface area (TPSA) is 46.3 Å². The van der Waals surface area contributed by atoms with E-state index in [4.69, 9.17) is 4.52 Å². The highest BCUT2D eigenvalue weighted by molar-refractivity contribution is 9.10. The lowest BCUT2D eigenvalue weighted by molar-refractivity contribution is 0.0981. The van der Waals surface area contributed by atoms with Gasteiger partial charge in [0, 0.05) is 21.8 Å². The Hall–Kier alpha value is -2.40. The molecule has 0 saturated heterocycles. The van der Waals surface area contributed by atoms with Crippen molar-refractivity contribution >= 4 is 27.5 Å². The summed E-state index contributed by atoms with van der Waals surface area (Å²) in [5.41, 5.74) is 4.07. The Morgan fingerprint density at radius 1 is 1.25 bits per heavy atom. The van der Waals surface area contributed by atoms with Crippen LogP contribution in [0.15, 0.2) is 63.8 Å². The van der Waals surface area contributed by atoms with Crippen LogP contribution >= 0.6 is 15.9 Å². The molecule has 4 rings (SSSR count). The number of hydrogen-bond donors (Lipinski definition) is 0. The second kappa shape index (κ2) is 5.91. The molecule has 0 radical (unpaired) electrons. The van der Waals surface area contributed by atoms with Crippen molar-refractivity contribution in [1.29, 1.82) is 0 Å². The van der Waals surface area contributed by atoms with Crippen molar-refractivity contribution in [2.75, 3.05) is 4.90 Å². The molecule has 5 heteroatoms. The van der Waals surface area contributed by atoms with Gasteiger partial charge in [-0.05, 0) is 37.1 Å². The van der Waals surface area contributed by atoms with E-state index in [2.05, 4.69) is 34.1 Å². The molecule has 1 amide bonds. The molecule has 0 N–H and O–H groups in total. The van der Waals surface area contributed by atoms with E-state index < -0.39 is 0 Å². The van der Waals surface area contributed by atoms with Gasteiger partial charge in [0.1, 0.15) is 17.5 Å². The Labute approximate surface area is 148 Å². The van der Waals surface area contributed by atoms with Crippen molar-refractivity contribution in [2.24, 2.45) is 0 Å². The standard InChI is InChI=1S/C19H15BrN2O2/c1-12-9-14-10-15(20)7-8-17(14)22(12)19(23)16-11-24-21-18(16)13-5-3-2-4-6-13/h2-8,10-12H,9H2,1H3/t12-/m1/s1. The van der Waals surface area contributed by atoms with Crippen molar-refractivity contribution in [2.45, 2.75) is 19.4 Å². The third kappa shape index (κ3) is 2.45. The van der Waals surface area contributed by atoms with Gasteiger partial charge in [-0.15, -0.1) is 0 Å². The third-order valence-electron chi connectivity index (χ3n) is 4.32. The summed E-state index contributed by atoms with van der Waals surface area (Å²) in [5.74, 6) is -0.0799. The largest absolute Gasteiger partial charge is 0.363 e. The van der Waals surface area contributed by atoms with Crippen LogP contribution in [0.5, 0.6) is 0 Å². The van der Waals surface area contributed by atoms with Gasteiger partial charge in [0.2, 0.25) is 0 Å². The van der Waals surface area contributed by atoms with E-state index in [9.17, 15) is 4.79 Å². The molecule has 1 aromatic heterocycles. The van der Waals surface area contributed by atoms with Gasteiger partial charge in [0.15, 0.2) is 0 Å². The molecule has 3 aromatic rings. The molecular weight excluding hydrogens is 368 g/mol. The molecule has 2 aromatic carbocycles. The van der Waals surface area contributed by atoms with E-state index in [-0.39, 0.29) is 11.9 Å². The highest BCUT2D eigenvalue weighted by Crippen LogP contribution is 2.36. The second-order valence-electron chi connectivity index (χ2n) is 5.94. The molecular formula is C19H15BrN2O2. The minimum absolute atomic E-state index is 0.0799. The maximum absolute atomic E-state index is 13.2. The SMILES string of the molecule is C[C@@H]1Cc2cc(Br)ccc2N1C(=O)c1conc1-c1ccccc1. The first kappa shape index (κ1) is 15.1. The van der Waals surface area contributed by atoms with E-state index in [1.165, 1.54) is 11.8 Å². The van der Waals surface area contributed by atoms with Crippen LogP contribution in [-0.2, 0) is 6.42 Å². The molecule has 0 aliphatic carbocycles. The Balaban J connectivity index is 1.75.